The highest BCUT2D eigenvalue weighted by Crippen LogP contribution is 2.24. The molecule has 1 aromatic heterocycles. The average Bonchev–Trinajstić information content (AvgIpc) is 2.91. The molecule has 0 radical (unpaired) electrons. The Morgan fingerprint density at radius 2 is 2.13 bits per heavy atom. The van der Waals surface area contributed by atoms with Gasteiger partial charge in [-0.05, 0) is 6.92 Å². The molecule has 0 spiro atoms. The molecule has 1 aliphatic rings. The number of β-amino-alcohol motifs (C(OH)–C–C–N with tert-alkyl or cyclic N) is 1. The Hall–Kier alpha value is -1.03. The minimum absolute atomic E-state index is 0. The van der Waals surface area contributed by atoms with Crippen molar-refractivity contribution >= 4 is 12.4 Å². The van der Waals surface area contributed by atoms with Crippen molar-refractivity contribution < 1.29 is 23.0 Å². The van der Waals surface area contributed by atoms with E-state index in [2.05, 4.69) is 15.7 Å². The van der Waals surface area contributed by atoms with E-state index in [9.17, 15) is 18.3 Å². The smallest absolute Gasteiger partial charge is 0.422 e. The third-order valence-corrected chi connectivity index (χ3v) is 3.67. The van der Waals surface area contributed by atoms with Crippen LogP contribution in [0.25, 0.3) is 0 Å². The first kappa shape index (κ1) is 20.0. The molecule has 2 atom stereocenters. The maximum Gasteiger partial charge on any atom is 0.422 e. The van der Waals surface area contributed by atoms with Crippen molar-refractivity contribution in [2.75, 3.05) is 26.2 Å². The van der Waals surface area contributed by atoms with Gasteiger partial charge in [0.15, 0.2) is 6.61 Å². The quantitative estimate of drug-likeness (QED) is 0.700. The van der Waals surface area contributed by atoms with Crippen LogP contribution in [0.5, 0.6) is 5.88 Å². The van der Waals surface area contributed by atoms with Crippen LogP contribution in [0.3, 0.4) is 0 Å². The van der Waals surface area contributed by atoms with E-state index in [0.29, 0.717) is 30.9 Å². The van der Waals surface area contributed by atoms with Crippen molar-refractivity contribution in [1.29, 1.82) is 0 Å². The topological polar surface area (TPSA) is 71.3 Å². The van der Waals surface area contributed by atoms with E-state index in [0.717, 1.165) is 6.54 Å². The van der Waals surface area contributed by atoms with Crippen LogP contribution in [0.1, 0.15) is 11.3 Å². The Morgan fingerprint density at radius 1 is 1.43 bits per heavy atom. The van der Waals surface area contributed by atoms with Crippen molar-refractivity contribution in [1.82, 2.24) is 20.4 Å². The number of aliphatic hydroxyl groups excluding tert-OH is 1. The fourth-order valence-electron chi connectivity index (χ4n) is 2.53. The lowest BCUT2D eigenvalue weighted by Crippen LogP contribution is -2.30. The predicted octanol–water partition coefficient (Wildman–Crippen LogP) is 0.761. The SMILES string of the molecule is Cc1nn(C)c(OCC(F)(F)F)c1CNCC1CNCC1O.Cl. The number of nitrogens with zero attached hydrogens (tertiary/aromatic N) is 2. The van der Waals surface area contributed by atoms with Crippen LogP contribution < -0.4 is 15.4 Å². The van der Waals surface area contributed by atoms with E-state index in [4.69, 9.17) is 4.74 Å². The molecule has 1 aliphatic heterocycles. The van der Waals surface area contributed by atoms with Crippen LogP contribution in [0.4, 0.5) is 13.2 Å². The number of alkyl halides is 3. The summed E-state index contributed by atoms with van der Waals surface area (Å²) in [7, 11) is 1.55. The molecule has 10 heteroatoms. The van der Waals surface area contributed by atoms with E-state index in [1.807, 2.05) is 0 Å². The molecule has 1 fully saturated rings. The van der Waals surface area contributed by atoms with Gasteiger partial charge in [0, 0.05) is 39.1 Å². The van der Waals surface area contributed by atoms with Crippen LogP contribution >= 0.6 is 12.4 Å². The molecule has 0 bridgehead atoms. The van der Waals surface area contributed by atoms with Gasteiger partial charge in [0.25, 0.3) is 0 Å². The van der Waals surface area contributed by atoms with Crippen molar-refractivity contribution in [3.8, 4) is 5.88 Å². The van der Waals surface area contributed by atoms with Gasteiger partial charge in [0.2, 0.25) is 5.88 Å². The minimum Gasteiger partial charge on any atom is -0.468 e. The number of rotatable bonds is 6. The average molecular weight is 359 g/mol. The molecule has 2 unspecified atom stereocenters. The lowest BCUT2D eigenvalue weighted by atomic mass is 10.1. The molecule has 2 rings (SSSR count). The van der Waals surface area contributed by atoms with E-state index < -0.39 is 18.9 Å². The summed E-state index contributed by atoms with van der Waals surface area (Å²) in [6.45, 7) is 2.58. The molecular weight excluding hydrogens is 337 g/mol. The van der Waals surface area contributed by atoms with Gasteiger partial charge in [-0.2, -0.15) is 18.3 Å². The molecular formula is C13H22ClF3N4O2. The maximum absolute atomic E-state index is 12.3. The summed E-state index contributed by atoms with van der Waals surface area (Å²) in [5.74, 6) is 0.212. The zero-order valence-corrected chi connectivity index (χ0v) is 13.8. The molecule has 23 heavy (non-hydrogen) atoms. The van der Waals surface area contributed by atoms with Gasteiger partial charge in [0.1, 0.15) is 0 Å². The largest absolute Gasteiger partial charge is 0.468 e. The number of nitrogens with one attached hydrogen (secondary N) is 2. The molecule has 1 saturated heterocycles. The van der Waals surface area contributed by atoms with E-state index in [-0.39, 0.29) is 24.2 Å². The molecule has 6 nitrogen and oxygen atoms in total. The number of aromatic nitrogens is 2. The highest BCUT2D eigenvalue weighted by Gasteiger charge is 2.30. The van der Waals surface area contributed by atoms with Gasteiger partial charge in [-0.1, -0.05) is 0 Å². The van der Waals surface area contributed by atoms with Gasteiger partial charge in [0.05, 0.1) is 17.4 Å². The summed E-state index contributed by atoms with van der Waals surface area (Å²) in [6, 6.07) is 0. The van der Waals surface area contributed by atoms with Crippen molar-refractivity contribution in [2.24, 2.45) is 13.0 Å². The summed E-state index contributed by atoms with van der Waals surface area (Å²) in [5.41, 5.74) is 1.23. The molecule has 0 aromatic carbocycles. The summed E-state index contributed by atoms with van der Waals surface area (Å²) in [5, 5.41) is 20.0. The zero-order valence-electron chi connectivity index (χ0n) is 13.0. The first-order valence-electron chi connectivity index (χ1n) is 7.09. The number of hydrogen-bond donors (Lipinski definition) is 3. The van der Waals surface area contributed by atoms with Gasteiger partial charge < -0.3 is 20.5 Å². The Morgan fingerprint density at radius 3 is 2.70 bits per heavy atom. The second kappa shape index (κ2) is 8.18. The van der Waals surface area contributed by atoms with E-state index in [1.165, 1.54) is 4.68 Å². The second-order valence-electron chi connectivity index (χ2n) is 5.51. The number of halogens is 4. The molecule has 2 heterocycles. The Labute approximate surface area is 138 Å². The number of aliphatic hydroxyl groups is 1. The standard InChI is InChI=1S/C13H21F3N4O2.ClH/c1-8-10(5-17-3-9-4-18-6-11(9)21)12(20(2)19-8)22-7-13(14,15)16;/h9,11,17-18,21H,3-7H2,1-2H3;1H. The van der Waals surface area contributed by atoms with Crippen molar-refractivity contribution in [3.63, 3.8) is 0 Å². The first-order chi connectivity index (χ1) is 10.3. The van der Waals surface area contributed by atoms with Gasteiger partial charge in [-0.15, -0.1) is 12.4 Å². The van der Waals surface area contributed by atoms with Gasteiger partial charge >= 0.3 is 6.18 Å². The predicted molar refractivity (Wildman–Crippen MR) is 80.8 cm³/mol. The number of hydrogen-bond acceptors (Lipinski definition) is 5. The summed E-state index contributed by atoms with van der Waals surface area (Å²) < 4.78 is 43.1. The molecule has 1 aromatic rings. The Kier molecular flexibility index (Phi) is 7.12. The number of ether oxygens (including phenoxy) is 1. The summed E-state index contributed by atoms with van der Waals surface area (Å²) in [4.78, 5) is 0. The Balaban J connectivity index is 0.00000264. The van der Waals surface area contributed by atoms with Crippen LogP contribution in [-0.4, -0.2) is 53.4 Å². The maximum atomic E-state index is 12.3. The second-order valence-corrected chi connectivity index (χ2v) is 5.51. The first-order valence-corrected chi connectivity index (χ1v) is 7.09. The zero-order chi connectivity index (χ0) is 16.3. The van der Waals surface area contributed by atoms with Crippen molar-refractivity contribution in [2.45, 2.75) is 25.7 Å². The lowest BCUT2D eigenvalue weighted by Gasteiger charge is -2.15. The lowest BCUT2D eigenvalue weighted by molar-refractivity contribution is -0.154. The monoisotopic (exact) mass is 358 g/mol. The Bertz CT molecular complexity index is 510. The van der Waals surface area contributed by atoms with Gasteiger partial charge in [-0.3, -0.25) is 0 Å². The fourth-order valence-corrected chi connectivity index (χ4v) is 2.53. The number of aryl methyl sites for hydroxylation is 2. The molecule has 0 aliphatic carbocycles. The van der Waals surface area contributed by atoms with E-state index in [1.54, 1.807) is 14.0 Å². The highest BCUT2D eigenvalue weighted by atomic mass is 35.5. The van der Waals surface area contributed by atoms with E-state index >= 15 is 0 Å². The third kappa shape index (κ3) is 5.52. The van der Waals surface area contributed by atoms with Crippen LogP contribution in [0, 0.1) is 12.8 Å². The summed E-state index contributed by atoms with van der Waals surface area (Å²) in [6.07, 6.45) is -4.79. The molecule has 134 valence electrons. The summed E-state index contributed by atoms with van der Waals surface area (Å²) >= 11 is 0. The van der Waals surface area contributed by atoms with Crippen LogP contribution in [0.15, 0.2) is 0 Å². The normalized spacial score (nSPS) is 21.3. The molecule has 3 N–H and O–H groups in total. The highest BCUT2D eigenvalue weighted by molar-refractivity contribution is 5.85. The fraction of sp³-hybridized carbons (Fsp3) is 0.769. The van der Waals surface area contributed by atoms with Crippen LogP contribution in [-0.2, 0) is 13.6 Å². The minimum atomic E-state index is -4.39. The third-order valence-electron chi connectivity index (χ3n) is 3.67. The molecule has 0 saturated carbocycles. The van der Waals surface area contributed by atoms with Crippen molar-refractivity contribution in [3.05, 3.63) is 11.3 Å². The van der Waals surface area contributed by atoms with Crippen LogP contribution in [0.2, 0.25) is 0 Å². The molecule has 0 amide bonds. The van der Waals surface area contributed by atoms with Gasteiger partial charge in [-0.25, -0.2) is 4.68 Å².